The fraction of sp³-hybridized carbons (Fsp3) is 0.636. The van der Waals surface area contributed by atoms with Crippen LogP contribution in [-0.2, 0) is 13.6 Å². The highest BCUT2D eigenvalue weighted by atomic mass is 16.2. The van der Waals surface area contributed by atoms with Gasteiger partial charge >= 0.3 is 0 Å². The molecule has 0 aromatic carbocycles. The average molecular weight is 196 g/mol. The number of aliphatic hydroxyl groups excluding tert-OH is 1. The van der Waals surface area contributed by atoms with Gasteiger partial charge in [0, 0.05) is 38.1 Å². The maximum atomic E-state index is 8.68. The van der Waals surface area contributed by atoms with E-state index in [1.807, 2.05) is 0 Å². The molecule has 0 saturated carbocycles. The highest BCUT2D eigenvalue weighted by Gasteiger charge is 2.02. The summed E-state index contributed by atoms with van der Waals surface area (Å²) in [6.07, 6.45) is 3.96. The lowest BCUT2D eigenvalue weighted by atomic mass is 10.2. The minimum Gasteiger partial charge on any atom is -0.396 e. The van der Waals surface area contributed by atoms with Crippen LogP contribution in [-0.4, -0.2) is 22.3 Å². The Morgan fingerprint density at radius 2 is 2.36 bits per heavy atom. The molecule has 0 aliphatic heterocycles. The first-order valence-electron chi connectivity index (χ1n) is 5.18. The Kier molecular flexibility index (Phi) is 4.70. The third-order valence-electron chi connectivity index (χ3n) is 2.48. The van der Waals surface area contributed by atoms with Crippen LogP contribution >= 0.6 is 0 Å². The Labute approximate surface area is 85.7 Å². The van der Waals surface area contributed by atoms with Gasteiger partial charge in [0.2, 0.25) is 0 Å². The van der Waals surface area contributed by atoms with Gasteiger partial charge in [-0.05, 0) is 31.9 Å². The molecule has 1 unspecified atom stereocenters. The molecule has 80 valence electrons. The molecule has 0 bridgehead atoms. The van der Waals surface area contributed by atoms with Gasteiger partial charge in [0.25, 0.3) is 0 Å². The summed E-state index contributed by atoms with van der Waals surface area (Å²) in [7, 11) is 2.05. The van der Waals surface area contributed by atoms with E-state index in [4.69, 9.17) is 5.11 Å². The molecule has 2 N–H and O–H groups in total. The minimum absolute atomic E-state index is 0.288. The van der Waals surface area contributed by atoms with Gasteiger partial charge in [-0.2, -0.15) is 0 Å². The van der Waals surface area contributed by atoms with E-state index in [1.54, 1.807) is 0 Å². The molecule has 0 spiro atoms. The molecule has 1 heterocycles. The summed E-state index contributed by atoms with van der Waals surface area (Å²) in [4.78, 5) is 0. The average Bonchev–Trinajstić information content (AvgIpc) is 2.58. The zero-order chi connectivity index (χ0) is 10.4. The zero-order valence-corrected chi connectivity index (χ0v) is 9.03. The molecule has 0 radical (unpaired) electrons. The van der Waals surface area contributed by atoms with Gasteiger partial charge in [-0.3, -0.25) is 0 Å². The summed E-state index contributed by atoms with van der Waals surface area (Å²) < 4.78 is 2.12. The third kappa shape index (κ3) is 3.52. The molecule has 0 saturated heterocycles. The number of aryl methyl sites for hydroxylation is 1. The monoisotopic (exact) mass is 196 g/mol. The van der Waals surface area contributed by atoms with Crippen molar-refractivity contribution in [3.05, 3.63) is 24.0 Å². The van der Waals surface area contributed by atoms with E-state index >= 15 is 0 Å². The van der Waals surface area contributed by atoms with E-state index in [2.05, 4.69) is 42.2 Å². The molecule has 1 aromatic rings. The van der Waals surface area contributed by atoms with Crippen molar-refractivity contribution in [2.75, 3.05) is 6.61 Å². The first kappa shape index (κ1) is 11.3. The van der Waals surface area contributed by atoms with Gasteiger partial charge < -0.3 is 15.0 Å². The van der Waals surface area contributed by atoms with Crippen molar-refractivity contribution >= 4 is 0 Å². The quantitative estimate of drug-likeness (QED) is 0.719. The molecule has 0 aliphatic carbocycles. The molecule has 14 heavy (non-hydrogen) atoms. The molecule has 0 aliphatic rings. The van der Waals surface area contributed by atoms with Gasteiger partial charge in [0.15, 0.2) is 0 Å². The van der Waals surface area contributed by atoms with E-state index in [9.17, 15) is 0 Å². The lowest BCUT2D eigenvalue weighted by molar-refractivity contribution is 0.276. The lowest BCUT2D eigenvalue weighted by Crippen LogP contribution is -2.26. The SMILES string of the molecule is CC(CCCO)NCc1cccn1C. The summed E-state index contributed by atoms with van der Waals surface area (Å²) in [6, 6.07) is 4.64. The second-order valence-electron chi connectivity index (χ2n) is 3.76. The van der Waals surface area contributed by atoms with E-state index < -0.39 is 0 Å². The summed E-state index contributed by atoms with van der Waals surface area (Å²) >= 11 is 0. The van der Waals surface area contributed by atoms with Crippen LogP contribution in [0.25, 0.3) is 0 Å². The van der Waals surface area contributed by atoms with Crippen LogP contribution < -0.4 is 5.32 Å². The second kappa shape index (κ2) is 5.83. The number of nitrogens with one attached hydrogen (secondary N) is 1. The summed E-state index contributed by atoms with van der Waals surface area (Å²) in [5.74, 6) is 0. The molecule has 1 atom stereocenters. The van der Waals surface area contributed by atoms with E-state index in [0.717, 1.165) is 19.4 Å². The second-order valence-corrected chi connectivity index (χ2v) is 3.76. The molecule has 1 aromatic heterocycles. The predicted octanol–water partition coefficient (Wildman–Crippen LogP) is 1.28. The normalized spacial score (nSPS) is 13.1. The van der Waals surface area contributed by atoms with Crippen molar-refractivity contribution in [2.45, 2.75) is 32.4 Å². The molecule has 1 rings (SSSR count). The Morgan fingerprint density at radius 1 is 1.57 bits per heavy atom. The van der Waals surface area contributed by atoms with Crippen LogP contribution in [0.3, 0.4) is 0 Å². The lowest BCUT2D eigenvalue weighted by Gasteiger charge is -2.13. The Hall–Kier alpha value is -0.800. The first-order chi connectivity index (χ1) is 6.74. The molecular formula is C11H20N2O. The van der Waals surface area contributed by atoms with Crippen LogP contribution in [0.5, 0.6) is 0 Å². The van der Waals surface area contributed by atoms with E-state index in [0.29, 0.717) is 6.04 Å². The fourth-order valence-electron chi connectivity index (χ4n) is 1.46. The molecule has 3 nitrogen and oxygen atoms in total. The van der Waals surface area contributed by atoms with Crippen molar-refractivity contribution in [2.24, 2.45) is 7.05 Å². The largest absolute Gasteiger partial charge is 0.396 e. The number of aromatic nitrogens is 1. The van der Waals surface area contributed by atoms with Crippen molar-refractivity contribution < 1.29 is 5.11 Å². The topological polar surface area (TPSA) is 37.2 Å². The van der Waals surface area contributed by atoms with Gasteiger partial charge in [0.1, 0.15) is 0 Å². The summed E-state index contributed by atoms with van der Waals surface area (Å²) in [6.45, 7) is 3.34. The number of nitrogens with zero attached hydrogens (tertiary/aromatic N) is 1. The molecule has 3 heteroatoms. The minimum atomic E-state index is 0.288. The highest BCUT2D eigenvalue weighted by molar-refractivity contribution is 5.06. The van der Waals surface area contributed by atoms with Crippen molar-refractivity contribution in [3.63, 3.8) is 0 Å². The third-order valence-corrected chi connectivity index (χ3v) is 2.48. The first-order valence-corrected chi connectivity index (χ1v) is 5.18. The zero-order valence-electron chi connectivity index (χ0n) is 9.03. The number of hydrogen-bond acceptors (Lipinski definition) is 2. The smallest absolute Gasteiger partial charge is 0.0431 e. The van der Waals surface area contributed by atoms with Gasteiger partial charge in [-0.15, -0.1) is 0 Å². The number of hydrogen-bond donors (Lipinski definition) is 2. The predicted molar refractivity (Wildman–Crippen MR) is 58.0 cm³/mol. The Bertz CT molecular complexity index is 258. The molecule has 0 fully saturated rings. The van der Waals surface area contributed by atoms with Crippen molar-refractivity contribution in [1.82, 2.24) is 9.88 Å². The van der Waals surface area contributed by atoms with Gasteiger partial charge in [0.05, 0.1) is 0 Å². The van der Waals surface area contributed by atoms with Crippen LogP contribution in [0.4, 0.5) is 0 Å². The Balaban J connectivity index is 2.23. The number of rotatable bonds is 6. The summed E-state index contributed by atoms with van der Waals surface area (Å²) in [5.41, 5.74) is 1.29. The fourth-order valence-corrected chi connectivity index (χ4v) is 1.46. The Morgan fingerprint density at radius 3 is 2.93 bits per heavy atom. The van der Waals surface area contributed by atoms with Gasteiger partial charge in [-0.25, -0.2) is 0 Å². The summed E-state index contributed by atoms with van der Waals surface area (Å²) in [5, 5.41) is 12.1. The van der Waals surface area contributed by atoms with Gasteiger partial charge in [-0.1, -0.05) is 0 Å². The van der Waals surface area contributed by atoms with E-state index in [-0.39, 0.29) is 6.61 Å². The number of aliphatic hydroxyl groups is 1. The standard InChI is InChI=1S/C11H20N2O/c1-10(5-4-8-14)12-9-11-6-3-7-13(11)2/h3,6-7,10,12,14H,4-5,8-9H2,1-2H3. The maximum Gasteiger partial charge on any atom is 0.0431 e. The van der Waals surface area contributed by atoms with Crippen molar-refractivity contribution in [1.29, 1.82) is 0 Å². The van der Waals surface area contributed by atoms with Crippen LogP contribution in [0, 0.1) is 0 Å². The highest BCUT2D eigenvalue weighted by Crippen LogP contribution is 2.01. The van der Waals surface area contributed by atoms with Crippen LogP contribution in [0.1, 0.15) is 25.5 Å². The van der Waals surface area contributed by atoms with Crippen molar-refractivity contribution in [3.8, 4) is 0 Å². The molecule has 0 amide bonds. The van der Waals surface area contributed by atoms with Crippen LogP contribution in [0.2, 0.25) is 0 Å². The maximum absolute atomic E-state index is 8.68. The molecular weight excluding hydrogens is 176 g/mol. The van der Waals surface area contributed by atoms with Crippen LogP contribution in [0.15, 0.2) is 18.3 Å². The van der Waals surface area contributed by atoms with E-state index in [1.165, 1.54) is 5.69 Å².